The SMILES string of the molecule is Cc1cnc(C)c(C)c1.N=O. The molecular weight excluding hydrogens is 140 g/mol. The molecule has 1 aromatic rings. The van der Waals surface area contributed by atoms with Crippen LogP contribution in [0.5, 0.6) is 0 Å². The van der Waals surface area contributed by atoms with Gasteiger partial charge in [0, 0.05) is 11.9 Å². The first-order valence-corrected chi connectivity index (χ1v) is 3.30. The van der Waals surface area contributed by atoms with Crippen LogP contribution in [0.4, 0.5) is 0 Å². The van der Waals surface area contributed by atoms with E-state index in [-0.39, 0.29) is 0 Å². The number of nitrogens with one attached hydrogen (secondary N) is 1. The highest BCUT2D eigenvalue weighted by Gasteiger charge is 1.90. The molecule has 3 heteroatoms. The van der Waals surface area contributed by atoms with Gasteiger partial charge in [-0.05, 0) is 31.9 Å². The number of rotatable bonds is 0. The number of pyridine rings is 1. The molecule has 0 amide bonds. The van der Waals surface area contributed by atoms with Gasteiger partial charge in [-0.2, -0.15) is 4.91 Å². The van der Waals surface area contributed by atoms with E-state index in [0.717, 1.165) is 5.69 Å². The fraction of sp³-hybridized carbons (Fsp3) is 0.375. The number of hydrogen-bond acceptors (Lipinski definition) is 3. The van der Waals surface area contributed by atoms with Crippen molar-refractivity contribution >= 4 is 0 Å². The second-order valence-electron chi connectivity index (χ2n) is 2.41. The van der Waals surface area contributed by atoms with E-state index < -0.39 is 0 Å². The minimum absolute atomic E-state index is 1.13. The van der Waals surface area contributed by atoms with Crippen LogP contribution in [0, 0.1) is 31.3 Å². The molecule has 0 radical (unpaired) electrons. The third kappa shape index (κ3) is 2.89. The molecule has 3 nitrogen and oxygen atoms in total. The lowest BCUT2D eigenvalue weighted by atomic mass is 10.2. The van der Waals surface area contributed by atoms with Crippen molar-refractivity contribution in [3.63, 3.8) is 0 Å². The molecular formula is C8H12N2O. The zero-order valence-corrected chi connectivity index (χ0v) is 7.01. The standard InChI is InChI=1S/C8H11N.HNO/c1-6-4-7(2)8(3)9-5-6;1-2/h4-5H,1-3H3;1H. The molecule has 0 aromatic carbocycles. The van der Waals surface area contributed by atoms with Gasteiger partial charge in [-0.25, -0.2) is 0 Å². The molecule has 1 aromatic heterocycles. The Labute approximate surface area is 66.2 Å². The zero-order valence-electron chi connectivity index (χ0n) is 7.01. The molecule has 0 unspecified atom stereocenters. The molecule has 0 atom stereocenters. The summed E-state index contributed by atoms with van der Waals surface area (Å²) in [5.74, 6) is 0. The minimum Gasteiger partial charge on any atom is -0.261 e. The molecule has 0 aliphatic carbocycles. The summed E-state index contributed by atoms with van der Waals surface area (Å²) < 4.78 is 0. The van der Waals surface area contributed by atoms with Gasteiger partial charge in [0.25, 0.3) is 0 Å². The predicted molar refractivity (Wildman–Crippen MR) is 44.5 cm³/mol. The van der Waals surface area contributed by atoms with Gasteiger partial charge >= 0.3 is 0 Å². The third-order valence-electron chi connectivity index (χ3n) is 1.48. The Kier molecular flexibility index (Phi) is 4.03. The molecule has 1 rings (SSSR count). The van der Waals surface area contributed by atoms with Crippen LogP contribution in [-0.4, -0.2) is 4.98 Å². The average molecular weight is 152 g/mol. The molecule has 0 fully saturated rings. The maximum atomic E-state index is 7.50. The third-order valence-corrected chi connectivity index (χ3v) is 1.48. The number of nitroso groups, excluding NO2 is 1. The lowest BCUT2D eigenvalue weighted by molar-refractivity contribution is 1.12. The summed E-state index contributed by atoms with van der Waals surface area (Å²) in [5, 5.41) is 0. The molecule has 0 bridgehead atoms. The van der Waals surface area contributed by atoms with E-state index in [1.807, 2.05) is 13.1 Å². The Balaban J connectivity index is 0.000000461. The summed E-state index contributed by atoms with van der Waals surface area (Å²) in [7, 11) is 0. The fourth-order valence-corrected chi connectivity index (χ4v) is 0.784. The lowest BCUT2D eigenvalue weighted by Crippen LogP contribution is -1.85. The molecule has 60 valence electrons. The molecule has 11 heavy (non-hydrogen) atoms. The van der Waals surface area contributed by atoms with Crippen molar-refractivity contribution in [1.82, 2.24) is 4.98 Å². The largest absolute Gasteiger partial charge is 0.261 e. The van der Waals surface area contributed by atoms with Crippen molar-refractivity contribution in [3.05, 3.63) is 34.0 Å². The van der Waals surface area contributed by atoms with Crippen molar-refractivity contribution in [3.8, 4) is 0 Å². The van der Waals surface area contributed by atoms with Crippen LogP contribution in [0.1, 0.15) is 16.8 Å². The molecule has 0 saturated carbocycles. The van der Waals surface area contributed by atoms with Crippen LogP contribution in [0.3, 0.4) is 0 Å². The first-order chi connectivity index (χ1) is 5.20. The van der Waals surface area contributed by atoms with Gasteiger partial charge < -0.3 is 0 Å². The van der Waals surface area contributed by atoms with Crippen molar-refractivity contribution in [2.45, 2.75) is 20.8 Å². The summed E-state index contributed by atoms with van der Waals surface area (Å²) in [6, 6.07) is 2.14. The van der Waals surface area contributed by atoms with Crippen molar-refractivity contribution in [2.24, 2.45) is 0 Å². The highest BCUT2D eigenvalue weighted by atomic mass is 16.2. The monoisotopic (exact) mass is 152 g/mol. The van der Waals surface area contributed by atoms with Gasteiger partial charge in [0.05, 0.1) is 0 Å². The minimum atomic E-state index is 1.13. The number of aromatic nitrogens is 1. The Bertz CT molecular complexity index is 236. The smallest absolute Gasteiger partial charge is 0.0401 e. The maximum Gasteiger partial charge on any atom is 0.0401 e. The predicted octanol–water partition coefficient (Wildman–Crippen LogP) is 2.34. The number of nitrogens with zero attached hydrogens (tertiary/aromatic N) is 1. The van der Waals surface area contributed by atoms with E-state index in [4.69, 9.17) is 4.91 Å². The number of aryl methyl sites for hydroxylation is 3. The summed E-state index contributed by atoms with van der Waals surface area (Å²) in [6.45, 7) is 6.16. The van der Waals surface area contributed by atoms with Crippen molar-refractivity contribution in [1.29, 1.82) is 5.59 Å². The Hall–Kier alpha value is -1.25. The van der Waals surface area contributed by atoms with Crippen molar-refractivity contribution < 1.29 is 0 Å². The first kappa shape index (κ1) is 9.75. The van der Waals surface area contributed by atoms with Crippen LogP contribution in [0.15, 0.2) is 12.3 Å². The summed E-state index contributed by atoms with van der Waals surface area (Å²) >= 11 is 0. The molecule has 0 saturated heterocycles. The van der Waals surface area contributed by atoms with E-state index in [2.05, 4.69) is 30.5 Å². The Morgan fingerprint density at radius 2 is 1.82 bits per heavy atom. The lowest BCUT2D eigenvalue weighted by Gasteiger charge is -1.97. The Morgan fingerprint density at radius 1 is 1.27 bits per heavy atom. The molecule has 0 aliphatic rings. The molecule has 1 heterocycles. The van der Waals surface area contributed by atoms with Gasteiger partial charge in [-0.1, -0.05) is 11.7 Å². The van der Waals surface area contributed by atoms with Gasteiger partial charge in [-0.3, -0.25) is 4.98 Å². The van der Waals surface area contributed by atoms with Crippen LogP contribution >= 0.6 is 0 Å². The summed E-state index contributed by atoms with van der Waals surface area (Å²) in [4.78, 5) is 11.7. The fourth-order valence-electron chi connectivity index (χ4n) is 0.784. The van der Waals surface area contributed by atoms with E-state index in [9.17, 15) is 0 Å². The molecule has 1 N–H and O–H groups in total. The summed E-state index contributed by atoms with van der Waals surface area (Å²) in [6.07, 6.45) is 1.89. The topological polar surface area (TPSA) is 53.8 Å². The van der Waals surface area contributed by atoms with Crippen LogP contribution in [-0.2, 0) is 0 Å². The van der Waals surface area contributed by atoms with Crippen molar-refractivity contribution in [2.75, 3.05) is 0 Å². The van der Waals surface area contributed by atoms with Gasteiger partial charge in [0.1, 0.15) is 0 Å². The first-order valence-electron chi connectivity index (χ1n) is 3.30. The average Bonchev–Trinajstić information content (AvgIpc) is 2.02. The highest BCUT2D eigenvalue weighted by Crippen LogP contribution is 2.03. The van der Waals surface area contributed by atoms with E-state index in [0.29, 0.717) is 0 Å². The second kappa shape index (κ2) is 4.55. The normalized spacial score (nSPS) is 8.27. The van der Waals surface area contributed by atoms with E-state index in [1.165, 1.54) is 11.1 Å². The quantitative estimate of drug-likeness (QED) is 0.580. The summed E-state index contributed by atoms with van der Waals surface area (Å²) in [5.41, 5.74) is 8.13. The van der Waals surface area contributed by atoms with Gasteiger partial charge in [-0.15, -0.1) is 0 Å². The maximum absolute atomic E-state index is 7.50. The van der Waals surface area contributed by atoms with E-state index in [1.54, 1.807) is 0 Å². The number of hydrogen-bond donors (Lipinski definition) is 1. The highest BCUT2D eigenvalue weighted by molar-refractivity contribution is 5.21. The van der Waals surface area contributed by atoms with Crippen LogP contribution in [0.2, 0.25) is 0 Å². The van der Waals surface area contributed by atoms with E-state index >= 15 is 0 Å². The Morgan fingerprint density at radius 3 is 2.18 bits per heavy atom. The van der Waals surface area contributed by atoms with Gasteiger partial charge in [0.2, 0.25) is 0 Å². The second-order valence-corrected chi connectivity index (χ2v) is 2.41. The molecule has 0 aliphatic heterocycles. The molecule has 0 spiro atoms. The zero-order chi connectivity index (χ0) is 8.85. The van der Waals surface area contributed by atoms with Crippen LogP contribution in [0.25, 0.3) is 0 Å². The van der Waals surface area contributed by atoms with Gasteiger partial charge in [0.15, 0.2) is 0 Å². The van der Waals surface area contributed by atoms with Crippen LogP contribution < -0.4 is 0 Å².